The molecule has 1 aromatic carbocycles. The van der Waals surface area contributed by atoms with Crippen LogP contribution in [-0.2, 0) is 9.53 Å². The lowest BCUT2D eigenvalue weighted by Gasteiger charge is -2.10. The molecule has 0 spiro atoms. The number of carbonyl (C=O) groups excluding carboxylic acids is 1. The van der Waals surface area contributed by atoms with Crippen LogP contribution in [0.3, 0.4) is 0 Å². The van der Waals surface area contributed by atoms with E-state index in [4.69, 9.17) is 9.73 Å². The van der Waals surface area contributed by atoms with Gasteiger partial charge in [0.25, 0.3) is 0 Å². The van der Waals surface area contributed by atoms with Crippen molar-refractivity contribution < 1.29 is 9.53 Å². The second kappa shape index (κ2) is 6.45. The molecule has 5 heteroatoms. The monoisotopic (exact) mass is 317 g/mol. The van der Waals surface area contributed by atoms with E-state index in [1.165, 1.54) is 16.6 Å². The number of nitrogens with zero attached hydrogens (tertiary/aromatic N) is 1. The summed E-state index contributed by atoms with van der Waals surface area (Å²) in [4.78, 5) is 18.8. The lowest BCUT2D eigenvalue weighted by molar-refractivity contribution is -0.139. The Bertz CT molecular complexity index is 753. The smallest absolute Gasteiger partial charge is 0.316 e. The summed E-state index contributed by atoms with van der Waals surface area (Å²) in [6.07, 6.45) is 0. The molecule has 2 heterocycles. The third kappa shape index (κ3) is 3.04. The van der Waals surface area contributed by atoms with E-state index >= 15 is 0 Å². The molecule has 0 N–H and O–H groups in total. The third-order valence-electron chi connectivity index (χ3n) is 3.15. The maximum Gasteiger partial charge on any atom is 0.316 e. The lowest BCUT2D eigenvalue weighted by Crippen LogP contribution is -2.21. The van der Waals surface area contributed by atoms with Crippen molar-refractivity contribution in [2.75, 3.05) is 12.4 Å². The minimum atomic E-state index is -0.177. The van der Waals surface area contributed by atoms with Crippen molar-refractivity contribution in [3.63, 3.8) is 0 Å². The maximum atomic E-state index is 11.6. The molecule has 1 atom stereocenters. The quantitative estimate of drug-likeness (QED) is 0.796. The molecule has 1 aliphatic rings. The van der Waals surface area contributed by atoms with Crippen molar-refractivity contribution in [1.82, 2.24) is 0 Å². The minimum absolute atomic E-state index is 0.0156. The Morgan fingerprint density at radius 3 is 2.95 bits per heavy atom. The molecule has 0 bridgehead atoms. The Hall–Kier alpha value is -1.59. The van der Waals surface area contributed by atoms with Gasteiger partial charge in [-0.05, 0) is 24.4 Å². The van der Waals surface area contributed by atoms with E-state index in [1.807, 2.05) is 31.2 Å². The van der Waals surface area contributed by atoms with Gasteiger partial charge in [-0.3, -0.25) is 9.79 Å². The van der Waals surface area contributed by atoms with Crippen LogP contribution in [0.25, 0.3) is 4.91 Å². The normalized spacial score (nSPS) is 16.4. The molecule has 108 valence electrons. The predicted octanol–water partition coefficient (Wildman–Crippen LogP) is 2.53. The molecule has 0 fully saturated rings. The molecular formula is C16H15NO2S2. The first-order chi connectivity index (χ1) is 10.3. The highest BCUT2D eigenvalue weighted by molar-refractivity contribution is 8.08. The molecular weight excluding hydrogens is 302 g/mol. The Balaban J connectivity index is 1.93. The van der Waals surface area contributed by atoms with E-state index < -0.39 is 0 Å². The van der Waals surface area contributed by atoms with E-state index in [2.05, 4.69) is 17.5 Å². The molecule has 0 radical (unpaired) electrons. The van der Waals surface area contributed by atoms with Gasteiger partial charge in [-0.1, -0.05) is 24.3 Å². The van der Waals surface area contributed by atoms with Crippen LogP contribution in [0.4, 0.5) is 0 Å². The number of hydrogen-bond donors (Lipinski definition) is 0. The van der Waals surface area contributed by atoms with Crippen LogP contribution >= 0.6 is 23.1 Å². The topological polar surface area (TPSA) is 38.7 Å². The van der Waals surface area contributed by atoms with Gasteiger partial charge in [0, 0.05) is 15.0 Å². The highest BCUT2D eigenvalue weighted by Gasteiger charge is 2.23. The summed E-state index contributed by atoms with van der Waals surface area (Å²) >= 11 is 3.23. The zero-order valence-electron chi connectivity index (χ0n) is 11.6. The highest BCUT2D eigenvalue weighted by Crippen LogP contribution is 2.37. The van der Waals surface area contributed by atoms with Crippen LogP contribution in [-0.4, -0.2) is 18.3 Å². The number of ether oxygens (including phenoxy) is 1. The lowest BCUT2D eigenvalue weighted by atomic mass is 10.2. The van der Waals surface area contributed by atoms with Gasteiger partial charge in [0.15, 0.2) is 0 Å². The van der Waals surface area contributed by atoms with E-state index in [9.17, 15) is 4.79 Å². The van der Waals surface area contributed by atoms with E-state index in [-0.39, 0.29) is 12.0 Å². The van der Waals surface area contributed by atoms with Gasteiger partial charge in [-0.2, -0.15) is 0 Å². The van der Waals surface area contributed by atoms with Crippen LogP contribution in [0.2, 0.25) is 0 Å². The number of benzene rings is 1. The van der Waals surface area contributed by atoms with Crippen molar-refractivity contribution in [2.45, 2.75) is 13.0 Å². The van der Waals surface area contributed by atoms with E-state index in [1.54, 1.807) is 11.3 Å². The van der Waals surface area contributed by atoms with Crippen molar-refractivity contribution in [2.24, 2.45) is 4.99 Å². The Labute approximate surface area is 131 Å². The van der Waals surface area contributed by atoms with Crippen molar-refractivity contribution in [3.05, 3.63) is 57.2 Å². The fourth-order valence-electron chi connectivity index (χ4n) is 2.28. The fourth-order valence-corrected chi connectivity index (χ4v) is 4.14. The zero-order chi connectivity index (χ0) is 14.7. The Morgan fingerprint density at radius 2 is 2.19 bits per heavy atom. The van der Waals surface area contributed by atoms with Crippen molar-refractivity contribution >= 4 is 34.0 Å². The number of rotatable bonds is 5. The molecule has 0 amide bonds. The molecule has 0 aliphatic carbocycles. The minimum Gasteiger partial charge on any atom is -0.465 e. The third-order valence-corrected chi connectivity index (χ3v) is 5.21. The standard InChI is InChI=1S/C16H15NO2S2/c1-2-19-14(18)10-21-16-11-6-3-4-7-12(11)17-15(16)13-8-5-9-20-13/h3-9,15H,2,10H2,1H3. The molecule has 3 nitrogen and oxygen atoms in total. The van der Waals surface area contributed by atoms with Gasteiger partial charge < -0.3 is 4.74 Å². The van der Waals surface area contributed by atoms with Crippen LogP contribution in [0.1, 0.15) is 17.8 Å². The molecule has 0 saturated heterocycles. The SMILES string of the molecule is CCOC(=O)CSC1=c2ccccc2=NC1c1cccs1. The first kappa shape index (κ1) is 14.4. The average Bonchev–Trinajstić information content (AvgIpc) is 3.13. The number of para-hydroxylation sites is 1. The summed E-state index contributed by atoms with van der Waals surface area (Å²) in [5.74, 6) is 0.152. The van der Waals surface area contributed by atoms with Crippen LogP contribution in [0.5, 0.6) is 0 Å². The molecule has 3 rings (SSSR count). The first-order valence-electron chi connectivity index (χ1n) is 6.78. The number of esters is 1. The van der Waals surface area contributed by atoms with E-state index in [0.717, 1.165) is 15.5 Å². The van der Waals surface area contributed by atoms with Gasteiger partial charge in [-0.25, -0.2) is 0 Å². The number of thioether (sulfide) groups is 1. The maximum absolute atomic E-state index is 11.6. The Kier molecular flexibility index (Phi) is 4.41. The molecule has 1 unspecified atom stereocenters. The number of fused-ring (bicyclic) bond motifs is 1. The molecule has 2 aromatic rings. The van der Waals surface area contributed by atoms with Gasteiger partial charge >= 0.3 is 5.97 Å². The van der Waals surface area contributed by atoms with Crippen LogP contribution < -0.4 is 10.6 Å². The second-order valence-electron chi connectivity index (χ2n) is 4.52. The van der Waals surface area contributed by atoms with Gasteiger partial charge in [0.2, 0.25) is 0 Å². The second-order valence-corrected chi connectivity index (χ2v) is 6.52. The van der Waals surface area contributed by atoms with Gasteiger partial charge in [-0.15, -0.1) is 23.1 Å². The summed E-state index contributed by atoms with van der Waals surface area (Å²) < 4.78 is 5.01. The number of thiophene rings is 1. The van der Waals surface area contributed by atoms with Crippen LogP contribution in [0, 0.1) is 0 Å². The number of hydrogen-bond acceptors (Lipinski definition) is 5. The summed E-state index contributed by atoms with van der Waals surface area (Å²) in [6, 6.07) is 12.2. The predicted molar refractivity (Wildman–Crippen MR) is 86.8 cm³/mol. The first-order valence-corrected chi connectivity index (χ1v) is 8.65. The highest BCUT2D eigenvalue weighted by atomic mass is 32.2. The average molecular weight is 317 g/mol. The van der Waals surface area contributed by atoms with Gasteiger partial charge in [0.05, 0.1) is 17.7 Å². The molecule has 0 saturated carbocycles. The van der Waals surface area contributed by atoms with Crippen molar-refractivity contribution in [3.8, 4) is 0 Å². The van der Waals surface area contributed by atoms with Crippen molar-refractivity contribution in [1.29, 1.82) is 0 Å². The van der Waals surface area contributed by atoms with Gasteiger partial charge in [0.1, 0.15) is 6.04 Å². The number of carbonyl (C=O) groups is 1. The molecule has 21 heavy (non-hydrogen) atoms. The summed E-state index contributed by atoms with van der Waals surface area (Å²) in [5, 5.41) is 4.19. The Morgan fingerprint density at radius 1 is 1.33 bits per heavy atom. The summed E-state index contributed by atoms with van der Waals surface area (Å²) in [7, 11) is 0. The van der Waals surface area contributed by atoms with E-state index in [0.29, 0.717) is 12.4 Å². The van der Waals surface area contributed by atoms with Crippen LogP contribution in [0.15, 0.2) is 46.8 Å². The largest absolute Gasteiger partial charge is 0.465 e. The molecule has 1 aromatic heterocycles. The fraction of sp³-hybridized carbons (Fsp3) is 0.250. The molecule has 1 aliphatic heterocycles. The summed E-state index contributed by atoms with van der Waals surface area (Å²) in [6.45, 7) is 2.24. The summed E-state index contributed by atoms with van der Waals surface area (Å²) in [5.41, 5.74) is 0. The zero-order valence-corrected chi connectivity index (χ0v) is 13.2.